The highest BCUT2D eigenvalue weighted by Crippen LogP contribution is 2.08. The summed E-state index contributed by atoms with van der Waals surface area (Å²) in [6.45, 7) is 2.51. The Hall–Kier alpha value is -2.50. The lowest BCUT2D eigenvalue weighted by atomic mass is 10.1. The molecule has 1 aromatic carbocycles. The van der Waals surface area contributed by atoms with E-state index in [9.17, 15) is 4.79 Å². The lowest BCUT2D eigenvalue weighted by Gasteiger charge is -2.07. The summed E-state index contributed by atoms with van der Waals surface area (Å²) in [5, 5.41) is 7.67. The Morgan fingerprint density at radius 1 is 1.26 bits per heavy atom. The zero-order valence-corrected chi connectivity index (χ0v) is 10.7. The molecule has 6 heteroatoms. The van der Waals surface area contributed by atoms with E-state index >= 15 is 0 Å². The molecule has 0 saturated heterocycles. The van der Waals surface area contributed by atoms with Crippen LogP contribution in [0.15, 0.2) is 35.4 Å². The Labute approximate surface area is 109 Å². The van der Waals surface area contributed by atoms with Gasteiger partial charge in [-0.2, -0.15) is 0 Å². The van der Waals surface area contributed by atoms with Crippen LogP contribution in [-0.2, 0) is 13.6 Å². The van der Waals surface area contributed by atoms with Crippen LogP contribution in [0.2, 0.25) is 0 Å². The highest BCUT2D eigenvalue weighted by atomic mass is 16.1. The van der Waals surface area contributed by atoms with Gasteiger partial charge in [0.25, 0.3) is 5.56 Å². The fraction of sp³-hybridized carbons (Fsp3) is 0.231. The molecular formula is C13H13N5O. The quantitative estimate of drug-likeness (QED) is 0.682. The van der Waals surface area contributed by atoms with Crippen molar-refractivity contribution in [1.29, 1.82) is 0 Å². The van der Waals surface area contributed by atoms with E-state index < -0.39 is 0 Å². The van der Waals surface area contributed by atoms with E-state index in [0.717, 1.165) is 11.1 Å². The summed E-state index contributed by atoms with van der Waals surface area (Å²) in [7, 11) is 1.72. The van der Waals surface area contributed by atoms with Crippen molar-refractivity contribution in [2.75, 3.05) is 0 Å². The molecule has 0 bridgehead atoms. The van der Waals surface area contributed by atoms with E-state index in [1.165, 1.54) is 4.68 Å². The van der Waals surface area contributed by atoms with Gasteiger partial charge in [-0.15, -0.1) is 5.10 Å². The van der Waals surface area contributed by atoms with Gasteiger partial charge in [0.1, 0.15) is 6.33 Å². The monoisotopic (exact) mass is 255 g/mol. The summed E-state index contributed by atoms with van der Waals surface area (Å²) in [5.41, 5.74) is 2.88. The zero-order chi connectivity index (χ0) is 13.4. The second-order valence-electron chi connectivity index (χ2n) is 4.49. The average molecular weight is 255 g/mol. The third-order valence-electron chi connectivity index (χ3n) is 3.18. The molecule has 3 aromatic rings. The highest BCUT2D eigenvalue weighted by molar-refractivity contribution is 5.67. The largest absolute Gasteiger partial charge is 0.293 e. The van der Waals surface area contributed by atoms with E-state index in [1.54, 1.807) is 17.9 Å². The number of rotatable bonds is 2. The molecule has 0 aliphatic carbocycles. The normalized spacial score (nSPS) is 11.1. The maximum absolute atomic E-state index is 12.3. The molecule has 0 atom stereocenters. The maximum atomic E-state index is 12.3. The van der Waals surface area contributed by atoms with Gasteiger partial charge < -0.3 is 0 Å². The molecule has 0 aliphatic rings. The predicted molar refractivity (Wildman–Crippen MR) is 70.8 cm³/mol. The van der Waals surface area contributed by atoms with Crippen LogP contribution in [0.1, 0.15) is 11.1 Å². The first kappa shape index (κ1) is 11.6. The fourth-order valence-electron chi connectivity index (χ4n) is 2.03. The summed E-state index contributed by atoms with van der Waals surface area (Å²) < 4.78 is 3.05. The summed E-state index contributed by atoms with van der Waals surface area (Å²) in [6, 6.07) is 7.96. The Morgan fingerprint density at radius 3 is 2.84 bits per heavy atom. The summed E-state index contributed by atoms with van der Waals surface area (Å²) in [5.74, 6) is 0. The van der Waals surface area contributed by atoms with Crippen LogP contribution >= 0.6 is 0 Å². The van der Waals surface area contributed by atoms with Crippen LogP contribution in [0.5, 0.6) is 0 Å². The molecule has 6 nitrogen and oxygen atoms in total. The SMILES string of the molecule is Cc1ccccc1Cn1cnc2c(nnn2C)c1=O. The molecule has 0 saturated carbocycles. The van der Waals surface area contributed by atoms with Crippen molar-refractivity contribution in [3.05, 3.63) is 52.1 Å². The van der Waals surface area contributed by atoms with Gasteiger partial charge in [0, 0.05) is 7.05 Å². The number of nitrogens with zero attached hydrogens (tertiary/aromatic N) is 5. The molecule has 2 heterocycles. The van der Waals surface area contributed by atoms with Crippen molar-refractivity contribution in [3.8, 4) is 0 Å². The number of hydrogen-bond acceptors (Lipinski definition) is 4. The van der Waals surface area contributed by atoms with Crippen molar-refractivity contribution in [2.24, 2.45) is 7.05 Å². The average Bonchev–Trinajstić information content (AvgIpc) is 2.78. The van der Waals surface area contributed by atoms with Crippen LogP contribution in [-0.4, -0.2) is 24.5 Å². The minimum atomic E-state index is -0.165. The number of hydrogen-bond donors (Lipinski definition) is 0. The highest BCUT2D eigenvalue weighted by Gasteiger charge is 2.10. The molecule has 0 unspecified atom stereocenters. The molecule has 96 valence electrons. The van der Waals surface area contributed by atoms with Gasteiger partial charge >= 0.3 is 0 Å². The van der Waals surface area contributed by atoms with Crippen molar-refractivity contribution < 1.29 is 0 Å². The summed E-state index contributed by atoms with van der Waals surface area (Å²) >= 11 is 0. The van der Waals surface area contributed by atoms with Crippen LogP contribution in [0.25, 0.3) is 11.2 Å². The number of benzene rings is 1. The summed E-state index contributed by atoms with van der Waals surface area (Å²) in [6.07, 6.45) is 1.54. The van der Waals surface area contributed by atoms with Gasteiger partial charge in [-0.25, -0.2) is 9.67 Å². The molecular weight excluding hydrogens is 242 g/mol. The van der Waals surface area contributed by atoms with Gasteiger partial charge in [-0.3, -0.25) is 9.36 Å². The van der Waals surface area contributed by atoms with Gasteiger partial charge in [0.05, 0.1) is 6.54 Å². The van der Waals surface area contributed by atoms with Crippen LogP contribution < -0.4 is 5.56 Å². The van der Waals surface area contributed by atoms with Crippen molar-refractivity contribution >= 4 is 11.2 Å². The molecule has 0 radical (unpaired) electrons. The standard InChI is InChI=1S/C13H13N5O/c1-9-5-3-4-6-10(9)7-18-8-14-12-11(13(18)19)15-16-17(12)2/h3-6,8H,7H2,1-2H3. The van der Waals surface area contributed by atoms with E-state index in [-0.39, 0.29) is 5.56 Å². The lowest BCUT2D eigenvalue weighted by molar-refractivity contribution is 0.724. The van der Waals surface area contributed by atoms with Gasteiger partial charge in [-0.1, -0.05) is 29.5 Å². The Bertz CT molecular complexity index is 802. The van der Waals surface area contributed by atoms with Crippen molar-refractivity contribution in [2.45, 2.75) is 13.5 Å². The first-order valence-corrected chi connectivity index (χ1v) is 5.96. The second-order valence-corrected chi connectivity index (χ2v) is 4.49. The minimum absolute atomic E-state index is 0.165. The molecule has 3 rings (SSSR count). The zero-order valence-electron chi connectivity index (χ0n) is 10.7. The fourth-order valence-corrected chi connectivity index (χ4v) is 2.03. The number of fused-ring (bicyclic) bond motifs is 1. The molecule has 0 spiro atoms. The number of aromatic nitrogens is 5. The lowest BCUT2D eigenvalue weighted by Crippen LogP contribution is -2.21. The Morgan fingerprint density at radius 2 is 2.05 bits per heavy atom. The van der Waals surface area contributed by atoms with Gasteiger partial charge in [-0.05, 0) is 18.1 Å². The van der Waals surface area contributed by atoms with E-state index in [1.807, 2.05) is 31.2 Å². The van der Waals surface area contributed by atoms with Gasteiger partial charge in [0.15, 0.2) is 11.2 Å². The first-order valence-electron chi connectivity index (χ1n) is 5.96. The van der Waals surface area contributed by atoms with Gasteiger partial charge in [0.2, 0.25) is 0 Å². The topological polar surface area (TPSA) is 65.6 Å². The smallest absolute Gasteiger partial charge is 0.283 e. The summed E-state index contributed by atoms with van der Waals surface area (Å²) in [4.78, 5) is 16.5. The number of aryl methyl sites for hydroxylation is 2. The molecule has 2 aromatic heterocycles. The molecule has 0 amide bonds. The Kier molecular flexibility index (Phi) is 2.63. The Balaban J connectivity index is 2.09. The molecule has 0 fully saturated rings. The van der Waals surface area contributed by atoms with E-state index in [0.29, 0.717) is 17.7 Å². The van der Waals surface area contributed by atoms with Crippen molar-refractivity contribution in [1.82, 2.24) is 24.5 Å². The first-order chi connectivity index (χ1) is 9.16. The third-order valence-corrected chi connectivity index (χ3v) is 3.18. The maximum Gasteiger partial charge on any atom is 0.283 e. The molecule has 0 aliphatic heterocycles. The molecule has 0 N–H and O–H groups in total. The van der Waals surface area contributed by atoms with E-state index in [4.69, 9.17) is 0 Å². The second kappa shape index (κ2) is 4.31. The van der Waals surface area contributed by atoms with Crippen LogP contribution in [0.4, 0.5) is 0 Å². The van der Waals surface area contributed by atoms with Crippen LogP contribution in [0, 0.1) is 6.92 Å². The van der Waals surface area contributed by atoms with Crippen LogP contribution in [0.3, 0.4) is 0 Å². The van der Waals surface area contributed by atoms with E-state index in [2.05, 4.69) is 15.3 Å². The minimum Gasteiger partial charge on any atom is -0.293 e. The third kappa shape index (κ3) is 1.91. The predicted octanol–water partition coefficient (Wildman–Crippen LogP) is 0.882. The van der Waals surface area contributed by atoms with Crippen molar-refractivity contribution in [3.63, 3.8) is 0 Å². The molecule has 19 heavy (non-hydrogen) atoms.